The number of carbonyl (C=O) groups is 3. The average Bonchev–Trinajstić information content (AvgIpc) is 2.76. The fourth-order valence-corrected chi connectivity index (χ4v) is 4.63. The van der Waals surface area contributed by atoms with E-state index in [4.69, 9.17) is 4.74 Å². The van der Waals surface area contributed by atoms with Crippen molar-refractivity contribution in [2.75, 3.05) is 44.2 Å². The largest absolute Gasteiger partial charge is 0.444 e. The van der Waals surface area contributed by atoms with Gasteiger partial charge in [0, 0.05) is 64.0 Å². The summed E-state index contributed by atoms with van der Waals surface area (Å²) in [7, 11) is 0. The third-order valence-corrected chi connectivity index (χ3v) is 6.65. The number of hydrogen-bond donors (Lipinski definition) is 2. The number of nitrogens with one attached hydrogen (secondary N) is 2. The molecule has 11 nitrogen and oxygen atoms in total. The molecular formula is C24H34N6O5. The number of piperazine rings is 1. The molecule has 3 aliphatic rings. The third kappa shape index (κ3) is 6.15. The molecule has 4 rings (SSSR count). The van der Waals surface area contributed by atoms with Crippen LogP contribution in [0.5, 0.6) is 0 Å². The van der Waals surface area contributed by atoms with Crippen molar-refractivity contribution in [1.82, 2.24) is 20.4 Å². The molecule has 1 unspecified atom stereocenters. The Bertz CT molecular complexity index is 979. The second-order valence-electron chi connectivity index (χ2n) is 10.4. The highest BCUT2D eigenvalue weighted by molar-refractivity contribution is 6.00. The molecule has 11 heteroatoms. The molecule has 1 aromatic rings. The molecule has 3 aliphatic heterocycles. The monoisotopic (exact) mass is 486 g/mol. The molecule has 3 fully saturated rings. The number of nitroso groups, excluding NO2 is 1. The Morgan fingerprint density at radius 2 is 1.89 bits per heavy atom. The van der Waals surface area contributed by atoms with Crippen LogP contribution < -0.4 is 15.5 Å². The van der Waals surface area contributed by atoms with Crippen LogP contribution in [0.1, 0.15) is 39.2 Å². The Hall–Kier alpha value is -3.05. The molecule has 2 N–H and O–H groups in total. The van der Waals surface area contributed by atoms with E-state index in [9.17, 15) is 19.3 Å². The number of hydrogen-bond acceptors (Lipinski definition) is 9. The molecule has 0 bridgehead atoms. The number of ether oxygens (including phenoxy) is 1. The molecule has 1 aromatic carbocycles. The first-order valence-corrected chi connectivity index (χ1v) is 12.1. The summed E-state index contributed by atoms with van der Waals surface area (Å²) in [5, 5.41) is 8.61. The lowest BCUT2D eigenvalue weighted by molar-refractivity contribution is -0.134. The summed E-state index contributed by atoms with van der Waals surface area (Å²) in [6.07, 6.45) is 0.473. The van der Waals surface area contributed by atoms with E-state index in [1.165, 1.54) is 0 Å². The third-order valence-electron chi connectivity index (χ3n) is 6.65. The fraction of sp³-hybridized carbons (Fsp3) is 0.625. The van der Waals surface area contributed by atoms with Gasteiger partial charge in [0.15, 0.2) is 0 Å². The molecule has 0 aliphatic carbocycles. The molecular weight excluding hydrogens is 452 g/mol. The smallest absolute Gasteiger partial charge is 0.410 e. The molecule has 1 atom stereocenters. The van der Waals surface area contributed by atoms with Crippen LogP contribution >= 0.6 is 0 Å². The maximum Gasteiger partial charge on any atom is 0.410 e. The molecule has 0 spiro atoms. The van der Waals surface area contributed by atoms with E-state index in [-0.39, 0.29) is 17.9 Å². The van der Waals surface area contributed by atoms with Gasteiger partial charge in [-0.05, 0) is 56.1 Å². The highest BCUT2D eigenvalue weighted by atomic mass is 16.6. The molecule has 3 heterocycles. The molecule has 0 radical (unpaired) electrons. The Morgan fingerprint density at radius 1 is 1.17 bits per heavy atom. The van der Waals surface area contributed by atoms with Gasteiger partial charge in [0.1, 0.15) is 11.3 Å². The number of likely N-dealkylation sites (tertiary alicyclic amines) is 1. The van der Waals surface area contributed by atoms with E-state index < -0.39 is 11.6 Å². The first kappa shape index (κ1) is 25.1. The molecule has 3 saturated heterocycles. The van der Waals surface area contributed by atoms with E-state index in [1.807, 2.05) is 32.9 Å². The van der Waals surface area contributed by atoms with Gasteiger partial charge in [-0.25, -0.2) is 4.79 Å². The zero-order chi connectivity index (χ0) is 25.2. The second kappa shape index (κ2) is 10.3. The topological polar surface area (TPSA) is 124 Å². The molecule has 35 heavy (non-hydrogen) atoms. The van der Waals surface area contributed by atoms with Crippen molar-refractivity contribution < 1.29 is 19.1 Å². The minimum Gasteiger partial charge on any atom is -0.444 e. The van der Waals surface area contributed by atoms with Crippen molar-refractivity contribution in [3.05, 3.63) is 28.7 Å². The normalized spacial score (nSPS) is 22.0. The number of amides is 3. The van der Waals surface area contributed by atoms with Crippen molar-refractivity contribution in [2.24, 2.45) is 5.18 Å². The first-order chi connectivity index (χ1) is 16.6. The molecule has 190 valence electrons. The highest BCUT2D eigenvalue weighted by Crippen LogP contribution is 2.28. The standard InChI is InChI=1S/C24H34N6O5/c1-24(2,3)35-23(33)30-14-18(15-30)29-10-8-28(9-11-29)17-4-5-19(27-34)16(12-17)13-25-20-6-7-21(31)26-22(20)32/h4-5,12,18,20,25H,6-11,13-15H2,1-3H3,(H,26,31,32). The fourth-order valence-electron chi connectivity index (χ4n) is 4.63. The van der Waals surface area contributed by atoms with Crippen LogP contribution in [-0.2, 0) is 20.9 Å². The van der Waals surface area contributed by atoms with E-state index in [0.717, 1.165) is 37.4 Å². The quantitative estimate of drug-likeness (QED) is 0.460. The van der Waals surface area contributed by atoms with Crippen LogP contribution in [0.4, 0.5) is 16.2 Å². The summed E-state index contributed by atoms with van der Waals surface area (Å²) >= 11 is 0. The maximum atomic E-state index is 12.2. The van der Waals surface area contributed by atoms with Crippen LogP contribution in [0, 0.1) is 4.91 Å². The van der Waals surface area contributed by atoms with Gasteiger partial charge < -0.3 is 19.9 Å². The lowest BCUT2D eigenvalue weighted by Gasteiger charge is -2.48. The van der Waals surface area contributed by atoms with E-state index in [0.29, 0.717) is 44.2 Å². The first-order valence-electron chi connectivity index (χ1n) is 12.1. The zero-order valence-electron chi connectivity index (χ0n) is 20.6. The van der Waals surface area contributed by atoms with Gasteiger partial charge >= 0.3 is 6.09 Å². The number of rotatable bonds is 6. The zero-order valence-corrected chi connectivity index (χ0v) is 20.6. The van der Waals surface area contributed by atoms with Gasteiger partial charge in [-0.15, -0.1) is 4.91 Å². The summed E-state index contributed by atoms with van der Waals surface area (Å²) in [4.78, 5) is 53.3. The Balaban J connectivity index is 1.29. The highest BCUT2D eigenvalue weighted by Gasteiger charge is 2.38. The summed E-state index contributed by atoms with van der Waals surface area (Å²) in [5.74, 6) is -0.598. The van der Waals surface area contributed by atoms with Crippen molar-refractivity contribution >= 4 is 29.3 Å². The maximum absolute atomic E-state index is 12.2. The summed E-state index contributed by atoms with van der Waals surface area (Å²) < 4.78 is 5.44. The summed E-state index contributed by atoms with van der Waals surface area (Å²) in [6, 6.07) is 5.43. The van der Waals surface area contributed by atoms with Crippen LogP contribution in [0.2, 0.25) is 0 Å². The van der Waals surface area contributed by atoms with Gasteiger partial charge in [-0.3, -0.25) is 19.8 Å². The van der Waals surface area contributed by atoms with Crippen LogP contribution in [0.3, 0.4) is 0 Å². The van der Waals surface area contributed by atoms with Crippen molar-refractivity contribution in [2.45, 2.75) is 57.8 Å². The Kier molecular flexibility index (Phi) is 7.36. The van der Waals surface area contributed by atoms with Crippen LogP contribution in [0.15, 0.2) is 23.4 Å². The molecule has 3 amide bonds. The van der Waals surface area contributed by atoms with E-state index in [1.54, 1.807) is 11.0 Å². The minimum absolute atomic E-state index is 0.255. The molecule has 0 aromatic heterocycles. The van der Waals surface area contributed by atoms with Crippen molar-refractivity contribution in [3.8, 4) is 0 Å². The van der Waals surface area contributed by atoms with Crippen molar-refractivity contribution in [1.29, 1.82) is 0 Å². The Morgan fingerprint density at radius 3 is 2.51 bits per heavy atom. The average molecular weight is 487 g/mol. The predicted octanol–water partition coefficient (Wildman–Crippen LogP) is 1.72. The van der Waals surface area contributed by atoms with Gasteiger partial charge in [0.05, 0.1) is 6.04 Å². The van der Waals surface area contributed by atoms with Crippen LogP contribution in [-0.4, -0.2) is 84.7 Å². The van der Waals surface area contributed by atoms with Gasteiger partial charge in [0.25, 0.3) is 0 Å². The number of anilines is 1. The van der Waals surface area contributed by atoms with E-state index in [2.05, 4.69) is 25.6 Å². The number of nitrogens with zero attached hydrogens (tertiary/aromatic N) is 4. The minimum atomic E-state index is -0.487. The number of benzene rings is 1. The van der Waals surface area contributed by atoms with Crippen LogP contribution in [0.25, 0.3) is 0 Å². The van der Waals surface area contributed by atoms with Gasteiger partial charge in [0.2, 0.25) is 11.8 Å². The molecule has 0 saturated carbocycles. The van der Waals surface area contributed by atoms with E-state index >= 15 is 0 Å². The number of carbonyl (C=O) groups excluding carboxylic acids is 3. The number of piperidine rings is 1. The predicted molar refractivity (Wildman–Crippen MR) is 130 cm³/mol. The number of imide groups is 1. The second-order valence-corrected chi connectivity index (χ2v) is 10.4. The lowest BCUT2D eigenvalue weighted by atomic mass is 10.0. The van der Waals surface area contributed by atoms with Gasteiger partial charge in [-0.1, -0.05) is 0 Å². The van der Waals surface area contributed by atoms with Crippen molar-refractivity contribution in [3.63, 3.8) is 0 Å². The summed E-state index contributed by atoms with van der Waals surface area (Å²) in [6.45, 7) is 10.7. The lowest BCUT2D eigenvalue weighted by Crippen LogP contribution is -2.64. The Labute approximate surface area is 205 Å². The summed E-state index contributed by atoms with van der Waals surface area (Å²) in [5.41, 5.74) is 1.57. The van der Waals surface area contributed by atoms with Gasteiger partial charge in [-0.2, -0.15) is 0 Å². The SMILES string of the molecule is CC(C)(C)OC(=O)N1CC(N2CCN(c3ccc(N=O)c(CNC4CCC(=O)NC4=O)c3)CC2)C1.